The second kappa shape index (κ2) is 7.44. The van der Waals surface area contributed by atoms with E-state index < -0.39 is 8.32 Å². The Hall–Kier alpha value is 0.177. The fraction of sp³-hybridized carbons (Fsp3) is 1.00. The Morgan fingerprint density at radius 1 is 0.750 bits per heavy atom. The van der Waals surface area contributed by atoms with Gasteiger partial charge in [-0.2, -0.15) is 0 Å². The molecule has 0 aromatic heterocycles. The summed E-state index contributed by atoms with van der Waals surface area (Å²) in [7, 11) is -1.53. The Kier molecular flexibility index (Phi) is 6.16. The Labute approximate surface area is 128 Å². The van der Waals surface area contributed by atoms with Gasteiger partial charge in [-0.3, -0.25) is 0 Å². The molecule has 0 aromatic rings. The summed E-state index contributed by atoms with van der Waals surface area (Å²) in [6.07, 6.45) is 11.7. The van der Waals surface area contributed by atoms with Crippen molar-refractivity contribution in [3.8, 4) is 0 Å². The van der Waals surface area contributed by atoms with E-state index in [9.17, 15) is 0 Å². The molecule has 2 aliphatic carbocycles. The van der Waals surface area contributed by atoms with Crippen LogP contribution in [0.25, 0.3) is 0 Å². The Bertz CT molecular complexity index is 253. The highest BCUT2D eigenvalue weighted by molar-refractivity contribution is 6.76. The average Bonchev–Trinajstić information content (AvgIpc) is 2.47. The van der Waals surface area contributed by atoms with Crippen LogP contribution < -0.4 is 0 Å². The molecule has 0 atom stereocenters. The van der Waals surface area contributed by atoms with Gasteiger partial charge in [-0.25, -0.2) is 0 Å². The molecule has 2 aliphatic rings. The Morgan fingerprint density at radius 2 is 1.15 bits per heavy atom. The van der Waals surface area contributed by atoms with Crippen molar-refractivity contribution >= 4 is 8.32 Å². The Balaban J connectivity index is 2.11. The van der Waals surface area contributed by atoms with Gasteiger partial charge in [-0.05, 0) is 35.9 Å². The molecule has 2 rings (SSSR count). The van der Waals surface area contributed by atoms with Crippen molar-refractivity contribution < 1.29 is 4.43 Å². The molecular weight excluding hydrogens is 260 g/mol. The van der Waals surface area contributed by atoms with Crippen molar-refractivity contribution in [2.24, 2.45) is 11.8 Å². The van der Waals surface area contributed by atoms with Gasteiger partial charge in [-0.15, -0.1) is 0 Å². The van der Waals surface area contributed by atoms with Crippen molar-refractivity contribution in [2.75, 3.05) is 6.61 Å². The van der Waals surface area contributed by atoms with E-state index in [0.29, 0.717) is 0 Å². The van der Waals surface area contributed by atoms with Gasteiger partial charge in [0.05, 0.1) is 0 Å². The van der Waals surface area contributed by atoms with Gasteiger partial charge < -0.3 is 4.43 Å². The van der Waals surface area contributed by atoms with Crippen molar-refractivity contribution in [3.05, 3.63) is 0 Å². The third-order valence-electron chi connectivity index (χ3n) is 6.38. The molecule has 0 amide bonds. The number of rotatable bonds is 5. The topological polar surface area (TPSA) is 9.23 Å². The van der Waals surface area contributed by atoms with Crippen LogP contribution in [-0.2, 0) is 4.43 Å². The highest BCUT2D eigenvalue weighted by Gasteiger charge is 2.49. The zero-order valence-electron chi connectivity index (χ0n) is 14.3. The van der Waals surface area contributed by atoms with Gasteiger partial charge in [0.25, 0.3) is 0 Å². The first-order valence-corrected chi connectivity index (χ1v) is 11.5. The van der Waals surface area contributed by atoms with E-state index in [1.54, 1.807) is 0 Å². The SMILES string of the molecule is CCO[Si](CC)(C1CCC(C)CC1)C1CCC(C)CC1. The zero-order chi connectivity index (χ0) is 14.6. The van der Waals surface area contributed by atoms with Gasteiger partial charge in [0, 0.05) is 6.61 Å². The largest absolute Gasteiger partial charge is 0.417 e. The van der Waals surface area contributed by atoms with Crippen LogP contribution in [0.3, 0.4) is 0 Å². The number of hydrogen-bond acceptors (Lipinski definition) is 1. The van der Waals surface area contributed by atoms with Gasteiger partial charge in [0.15, 0.2) is 8.32 Å². The summed E-state index contributed by atoms with van der Waals surface area (Å²) in [5.74, 6) is 1.92. The second-order valence-electron chi connectivity index (χ2n) is 7.66. The van der Waals surface area contributed by atoms with E-state index in [1.807, 2.05) is 0 Å². The first kappa shape index (κ1) is 16.5. The lowest BCUT2D eigenvalue weighted by molar-refractivity contribution is 0.254. The molecule has 0 bridgehead atoms. The molecule has 118 valence electrons. The lowest BCUT2D eigenvalue weighted by Crippen LogP contribution is -2.49. The monoisotopic (exact) mass is 296 g/mol. The molecule has 0 aromatic carbocycles. The predicted octanol–water partition coefficient (Wildman–Crippen LogP) is 6.15. The lowest BCUT2D eigenvalue weighted by atomic mass is 9.90. The summed E-state index contributed by atoms with van der Waals surface area (Å²) in [6, 6.07) is 1.36. The molecule has 0 unspecified atom stereocenters. The minimum Gasteiger partial charge on any atom is -0.417 e. The first-order chi connectivity index (χ1) is 9.62. The van der Waals surface area contributed by atoms with E-state index >= 15 is 0 Å². The summed E-state index contributed by atoms with van der Waals surface area (Å²) in [4.78, 5) is 0. The van der Waals surface area contributed by atoms with Crippen LogP contribution in [-0.4, -0.2) is 14.9 Å². The quantitative estimate of drug-likeness (QED) is 0.553. The standard InChI is InChI=1S/C18H36OSi/c1-5-19-20(6-2,17-11-7-15(3)8-12-17)18-13-9-16(4)10-14-18/h15-18H,5-14H2,1-4H3. The van der Waals surface area contributed by atoms with Gasteiger partial charge in [0.2, 0.25) is 0 Å². The number of hydrogen-bond donors (Lipinski definition) is 0. The Morgan fingerprint density at radius 3 is 1.45 bits per heavy atom. The molecule has 0 spiro atoms. The van der Waals surface area contributed by atoms with Crippen molar-refractivity contribution in [2.45, 2.75) is 96.2 Å². The van der Waals surface area contributed by atoms with E-state index in [0.717, 1.165) is 29.5 Å². The summed E-state index contributed by atoms with van der Waals surface area (Å²) in [5, 5.41) is 0. The van der Waals surface area contributed by atoms with Crippen LogP contribution in [0.5, 0.6) is 0 Å². The van der Waals surface area contributed by atoms with Gasteiger partial charge >= 0.3 is 0 Å². The fourth-order valence-electron chi connectivity index (χ4n) is 5.01. The van der Waals surface area contributed by atoms with E-state index in [1.165, 1.54) is 57.4 Å². The highest BCUT2D eigenvalue weighted by atomic mass is 28.4. The van der Waals surface area contributed by atoms with Crippen LogP contribution in [0.1, 0.15) is 79.1 Å². The smallest absolute Gasteiger partial charge is 0.198 e. The zero-order valence-corrected chi connectivity index (χ0v) is 15.3. The molecule has 1 nitrogen and oxygen atoms in total. The maximum absolute atomic E-state index is 6.67. The van der Waals surface area contributed by atoms with E-state index in [-0.39, 0.29) is 0 Å². The normalized spacial score (nSPS) is 38.4. The first-order valence-electron chi connectivity index (χ1n) is 9.26. The fourth-order valence-corrected chi connectivity index (χ4v) is 10.7. The third-order valence-corrected chi connectivity index (χ3v) is 12.2. The molecule has 0 aliphatic heterocycles. The van der Waals surface area contributed by atoms with Crippen LogP contribution in [0, 0.1) is 11.8 Å². The maximum atomic E-state index is 6.67. The summed E-state index contributed by atoms with van der Waals surface area (Å²) in [6.45, 7) is 10.5. The molecule has 0 radical (unpaired) electrons. The molecule has 0 saturated heterocycles. The minimum absolute atomic E-state index is 0.957. The van der Waals surface area contributed by atoms with Crippen LogP contribution in [0.2, 0.25) is 17.1 Å². The molecule has 2 heteroatoms. The molecule has 20 heavy (non-hydrogen) atoms. The molecular formula is C18H36OSi. The predicted molar refractivity (Wildman–Crippen MR) is 90.6 cm³/mol. The van der Waals surface area contributed by atoms with Crippen LogP contribution in [0.4, 0.5) is 0 Å². The lowest BCUT2D eigenvalue weighted by Gasteiger charge is -2.47. The van der Waals surface area contributed by atoms with Crippen molar-refractivity contribution in [1.82, 2.24) is 0 Å². The highest BCUT2D eigenvalue weighted by Crippen LogP contribution is 2.51. The average molecular weight is 297 g/mol. The molecule has 0 heterocycles. The third kappa shape index (κ3) is 3.49. The molecule has 0 N–H and O–H groups in total. The van der Waals surface area contributed by atoms with Crippen molar-refractivity contribution in [3.63, 3.8) is 0 Å². The van der Waals surface area contributed by atoms with Crippen molar-refractivity contribution in [1.29, 1.82) is 0 Å². The van der Waals surface area contributed by atoms with Crippen LogP contribution >= 0.6 is 0 Å². The van der Waals surface area contributed by atoms with E-state index in [4.69, 9.17) is 4.43 Å². The molecule has 2 saturated carbocycles. The summed E-state index contributed by atoms with van der Waals surface area (Å²) >= 11 is 0. The molecule has 2 fully saturated rings. The maximum Gasteiger partial charge on any atom is 0.198 e. The van der Waals surface area contributed by atoms with E-state index in [2.05, 4.69) is 27.7 Å². The minimum atomic E-state index is -1.53. The van der Waals surface area contributed by atoms with Crippen LogP contribution in [0.15, 0.2) is 0 Å². The summed E-state index contributed by atoms with van der Waals surface area (Å²) in [5.41, 5.74) is 1.92. The van der Waals surface area contributed by atoms with Gasteiger partial charge in [-0.1, -0.05) is 72.1 Å². The summed E-state index contributed by atoms with van der Waals surface area (Å²) < 4.78 is 6.67. The second-order valence-corrected chi connectivity index (χ2v) is 12.2. The van der Waals surface area contributed by atoms with Gasteiger partial charge in [0.1, 0.15) is 0 Å².